The number of aliphatic hydroxyl groups is 1. The van der Waals surface area contributed by atoms with Gasteiger partial charge in [0, 0.05) is 31.9 Å². The molecule has 0 heterocycles. The van der Waals surface area contributed by atoms with Crippen LogP contribution >= 0.6 is 0 Å². The Morgan fingerprint density at radius 1 is 1.03 bits per heavy atom. The van der Waals surface area contributed by atoms with Gasteiger partial charge in [-0.25, -0.2) is 4.79 Å². The second kappa shape index (κ2) is 18.4. The molecular weight excluding hydrogens is 432 g/mol. The molecule has 33 heavy (non-hydrogen) atoms. The number of nitrogens with one attached hydrogen (secondary N) is 2. The number of carboxylic acids is 1. The average molecular weight is 475 g/mol. The van der Waals surface area contributed by atoms with Crippen LogP contribution in [0.4, 0.5) is 0 Å². The molecule has 2 atom stereocenters. The molecule has 0 aromatic heterocycles. The fourth-order valence-corrected chi connectivity index (χ4v) is 2.65. The van der Waals surface area contributed by atoms with Gasteiger partial charge in [0.15, 0.2) is 0 Å². The summed E-state index contributed by atoms with van der Waals surface area (Å²) < 4.78 is 16.7. The van der Waals surface area contributed by atoms with Gasteiger partial charge >= 0.3 is 17.9 Å². The lowest BCUT2D eigenvalue weighted by atomic mass is 9.88. The van der Waals surface area contributed by atoms with Crippen LogP contribution in [-0.2, 0) is 28.6 Å². The van der Waals surface area contributed by atoms with Crippen molar-refractivity contribution < 1.29 is 38.8 Å². The smallest absolute Gasteiger partial charge is 0.333 e. The number of aliphatic hydroxyl groups excluding tert-OH is 1. The first-order valence-electron chi connectivity index (χ1n) is 11.5. The van der Waals surface area contributed by atoms with Crippen LogP contribution < -0.4 is 10.6 Å². The zero-order chi connectivity index (χ0) is 25.1. The molecule has 0 saturated carbocycles. The van der Waals surface area contributed by atoms with Gasteiger partial charge in [-0.15, -0.1) is 0 Å². The van der Waals surface area contributed by atoms with Crippen LogP contribution in [-0.4, -0.2) is 87.3 Å². The number of esters is 2. The van der Waals surface area contributed by atoms with Crippen LogP contribution in [0.3, 0.4) is 0 Å². The topological polar surface area (TPSA) is 143 Å². The molecule has 0 fully saturated rings. The Labute approximate surface area is 197 Å². The molecule has 0 aromatic rings. The van der Waals surface area contributed by atoms with Gasteiger partial charge in [0.2, 0.25) is 0 Å². The first kappa shape index (κ1) is 31.0. The summed E-state index contributed by atoms with van der Waals surface area (Å²) in [5.41, 5.74) is -0.408. The van der Waals surface area contributed by atoms with E-state index in [1.807, 2.05) is 6.92 Å². The van der Waals surface area contributed by atoms with Crippen LogP contribution in [0.2, 0.25) is 0 Å². The first-order valence-corrected chi connectivity index (χ1v) is 11.5. The summed E-state index contributed by atoms with van der Waals surface area (Å²) in [5, 5.41) is 23.6. The Balaban J connectivity index is 4.72. The Hall–Kier alpha value is -2.01. The molecule has 0 bridgehead atoms. The van der Waals surface area contributed by atoms with Crippen molar-refractivity contribution in [3.63, 3.8) is 0 Å². The Morgan fingerprint density at radius 3 is 2.30 bits per heavy atom. The molecule has 192 valence electrons. The SMILES string of the molecule is C=C(C)C(=O)OCC(CC)(COCCCNCCCO)COC(=O)C(C)CNCCC(=O)O. The van der Waals surface area contributed by atoms with Crippen molar-refractivity contribution in [2.75, 3.05) is 59.2 Å². The van der Waals surface area contributed by atoms with E-state index in [0.717, 1.165) is 19.5 Å². The van der Waals surface area contributed by atoms with Crippen molar-refractivity contribution in [3.8, 4) is 0 Å². The Morgan fingerprint density at radius 2 is 1.70 bits per heavy atom. The number of rotatable bonds is 21. The molecule has 0 radical (unpaired) electrons. The highest BCUT2D eigenvalue weighted by Gasteiger charge is 2.33. The quantitative estimate of drug-likeness (QED) is 0.109. The lowest BCUT2D eigenvalue weighted by Gasteiger charge is -2.32. The van der Waals surface area contributed by atoms with Crippen molar-refractivity contribution in [1.82, 2.24) is 10.6 Å². The van der Waals surface area contributed by atoms with Crippen LogP contribution in [0, 0.1) is 11.3 Å². The Bertz CT molecular complexity index is 599. The van der Waals surface area contributed by atoms with Gasteiger partial charge in [-0.1, -0.05) is 20.4 Å². The van der Waals surface area contributed by atoms with Gasteiger partial charge in [0.05, 0.1) is 24.4 Å². The van der Waals surface area contributed by atoms with Crippen molar-refractivity contribution >= 4 is 17.9 Å². The van der Waals surface area contributed by atoms with Crippen LogP contribution in [0.1, 0.15) is 46.5 Å². The number of ether oxygens (including phenoxy) is 3. The normalized spacial score (nSPS) is 13.7. The van der Waals surface area contributed by atoms with Crippen LogP contribution in [0.5, 0.6) is 0 Å². The lowest BCUT2D eigenvalue weighted by molar-refractivity contribution is -0.158. The molecule has 2 unspecified atom stereocenters. The maximum absolute atomic E-state index is 12.4. The zero-order valence-corrected chi connectivity index (χ0v) is 20.3. The summed E-state index contributed by atoms with van der Waals surface area (Å²) in [6.07, 6.45) is 2.01. The standard InChI is InChI=1S/C23H42N2O8/c1-5-23(16-32-21(29)18(2)3,15-31-13-7-10-24-9-6-12-26)17-33-22(30)19(4)14-25-11-8-20(27)28/h19,24-26H,2,5-17H2,1,3-4H3,(H,27,28). The van der Waals surface area contributed by atoms with Crippen molar-refractivity contribution in [3.05, 3.63) is 12.2 Å². The molecular formula is C23H42N2O8. The molecule has 4 N–H and O–H groups in total. The minimum absolute atomic E-state index is 0.0247. The van der Waals surface area contributed by atoms with E-state index in [4.69, 9.17) is 24.4 Å². The van der Waals surface area contributed by atoms with E-state index in [2.05, 4.69) is 17.2 Å². The zero-order valence-electron chi connectivity index (χ0n) is 20.3. The number of hydrogen-bond donors (Lipinski definition) is 4. The average Bonchev–Trinajstić information content (AvgIpc) is 2.79. The second-order valence-corrected chi connectivity index (χ2v) is 8.30. The van der Waals surface area contributed by atoms with E-state index in [0.29, 0.717) is 26.0 Å². The monoisotopic (exact) mass is 474 g/mol. The summed E-state index contributed by atoms with van der Waals surface area (Å²) >= 11 is 0. The molecule has 0 saturated heterocycles. The third-order valence-electron chi connectivity index (χ3n) is 5.06. The fourth-order valence-electron chi connectivity index (χ4n) is 2.65. The molecule has 0 aliphatic heterocycles. The highest BCUT2D eigenvalue weighted by atomic mass is 16.6. The summed E-state index contributed by atoms with van der Waals surface area (Å²) in [6, 6.07) is 0. The number of carbonyl (C=O) groups is 3. The van der Waals surface area contributed by atoms with Gasteiger partial charge < -0.3 is 35.1 Å². The van der Waals surface area contributed by atoms with E-state index in [1.54, 1.807) is 13.8 Å². The molecule has 0 aromatic carbocycles. The summed E-state index contributed by atoms with van der Waals surface area (Å²) in [7, 11) is 0. The van der Waals surface area contributed by atoms with Crippen molar-refractivity contribution in [1.29, 1.82) is 0 Å². The summed E-state index contributed by atoms with van der Waals surface area (Å²) in [6.45, 7) is 11.8. The van der Waals surface area contributed by atoms with Crippen molar-refractivity contribution in [2.24, 2.45) is 11.3 Å². The number of aliphatic carboxylic acids is 1. The maximum Gasteiger partial charge on any atom is 0.333 e. The second-order valence-electron chi connectivity index (χ2n) is 8.30. The van der Waals surface area contributed by atoms with Gasteiger partial charge in [-0.3, -0.25) is 9.59 Å². The predicted molar refractivity (Wildman–Crippen MR) is 124 cm³/mol. The molecule has 0 spiro atoms. The van der Waals surface area contributed by atoms with E-state index in [-0.39, 0.29) is 45.0 Å². The first-order chi connectivity index (χ1) is 15.7. The molecule has 0 aliphatic rings. The maximum atomic E-state index is 12.4. The highest BCUT2D eigenvalue weighted by molar-refractivity contribution is 5.86. The van der Waals surface area contributed by atoms with E-state index >= 15 is 0 Å². The third kappa shape index (κ3) is 15.5. The number of carboxylic acid groups (broad SMARTS) is 1. The largest absolute Gasteiger partial charge is 0.481 e. The van der Waals surface area contributed by atoms with Gasteiger partial charge in [0.1, 0.15) is 13.2 Å². The summed E-state index contributed by atoms with van der Waals surface area (Å²) in [4.78, 5) is 34.9. The lowest BCUT2D eigenvalue weighted by Crippen LogP contribution is -2.40. The molecule has 0 rings (SSSR count). The number of hydrogen-bond acceptors (Lipinski definition) is 9. The molecule has 0 amide bonds. The highest BCUT2D eigenvalue weighted by Crippen LogP contribution is 2.25. The Kier molecular flexibility index (Phi) is 17.3. The molecule has 10 heteroatoms. The number of carbonyl (C=O) groups excluding carboxylic acids is 2. The predicted octanol–water partition coefficient (Wildman–Crippen LogP) is 1.12. The third-order valence-corrected chi connectivity index (χ3v) is 5.06. The van der Waals surface area contributed by atoms with Crippen LogP contribution in [0.25, 0.3) is 0 Å². The van der Waals surface area contributed by atoms with Gasteiger partial charge in [0.25, 0.3) is 0 Å². The van der Waals surface area contributed by atoms with E-state index < -0.39 is 29.2 Å². The molecule has 10 nitrogen and oxygen atoms in total. The van der Waals surface area contributed by atoms with Gasteiger partial charge in [-0.05, 0) is 39.3 Å². The van der Waals surface area contributed by atoms with Crippen LogP contribution in [0.15, 0.2) is 12.2 Å². The van der Waals surface area contributed by atoms with E-state index in [1.165, 1.54) is 0 Å². The minimum atomic E-state index is -0.907. The van der Waals surface area contributed by atoms with E-state index in [9.17, 15) is 14.4 Å². The van der Waals surface area contributed by atoms with Gasteiger partial charge in [-0.2, -0.15) is 0 Å². The fraction of sp³-hybridized carbons (Fsp3) is 0.783. The molecule has 0 aliphatic carbocycles. The minimum Gasteiger partial charge on any atom is -0.481 e. The van der Waals surface area contributed by atoms with Crippen molar-refractivity contribution in [2.45, 2.75) is 46.5 Å². The summed E-state index contributed by atoms with van der Waals surface area (Å²) in [5.74, 6) is -2.30.